The highest BCUT2D eigenvalue weighted by molar-refractivity contribution is 7.40. The van der Waals surface area contributed by atoms with Crippen LogP contribution >= 0.6 is 8.60 Å². The SMILES string of the molecule is C=C(CCC(=O)OC1CCC(C)(C2CCC(C)(C(C)[C@@H](C)CCCC(C)C)CC2)CC1)O[C@H](COC(=O)CCCCCCCCCCCCCCC)COP(O)OCC[N+](C)(C)C. The normalized spacial score (nSPS) is 23.8. The fourth-order valence-electron chi connectivity index (χ4n) is 10.0. The fraction of sp³-hybridized carbons (Fsp3) is 0.925. The van der Waals surface area contributed by atoms with Crippen molar-refractivity contribution in [2.24, 2.45) is 34.5 Å². The maximum Gasteiger partial charge on any atom is 0.330 e. The minimum atomic E-state index is -2.13. The summed E-state index contributed by atoms with van der Waals surface area (Å²) >= 11 is 0. The van der Waals surface area contributed by atoms with E-state index in [9.17, 15) is 14.5 Å². The van der Waals surface area contributed by atoms with Crippen LogP contribution in [0, 0.1) is 34.5 Å². The summed E-state index contributed by atoms with van der Waals surface area (Å²) in [6, 6.07) is 0. The van der Waals surface area contributed by atoms with E-state index in [2.05, 4.69) is 76.2 Å². The molecule has 9 nitrogen and oxygen atoms in total. The van der Waals surface area contributed by atoms with E-state index >= 15 is 0 Å². The average Bonchev–Trinajstić information content (AvgIpc) is 3.22. The van der Waals surface area contributed by atoms with Crippen molar-refractivity contribution in [2.45, 2.75) is 234 Å². The first-order valence-corrected chi connectivity index (χ1v) is 27.2. The zero-order valence-electron chi connectivity index (χ0n) is 42.8. The molecule has 2 unspecified atom stereocenters. The predicted molar refractivity (Wildman–Crippen MR) is 262 cm³/mol. The van der Waals surface area contributed by atoms with Crippen molar-refractivity contribution in [3.63, 3.8) is 0 Å². The van der Waals surface area contributed by atoms with Crippen molar-refractivity contribution in [1.82, 2.24) is 0 Å². The first-order chi connectivity index (χ1) is 29.9. The number of ether oxygens (including phenoxy) is 3. The lowest BCUT2D eigenvalue weighted by Gasteiger charge is -2.50. The van der Waals surface area contributed by atoms with Crippen LogP contribution in [0.1, 0.15) is 222 Å². The summed E-state index contributed by atoms with van der Waals surface area (Å²) in [4.78, 5) is 36.1. The molecular formula is C53H101NO8P+. The molecule has 370 valence electrons. The summed E-state index contributed by atoms with van der Waals surface area (Å²) in [6.45, 7) is 22.0. The van der Waals surface area contributed by atoms with Crippen molar-refractivity contribution in [3.05, 3.63) is 12.3 Å². The Morgan fingerprint density at radius 2 is 1.29 bits per heavy atom. The second-order valence-corrected chi connectivity index (χ2v) is 23.2. The van der Waals surface area contributed by atoms with Crippen LogP contribution in [-0.2, 0) is 32.8 Å². The van der Waals surface area contributed by atoms with Gasteiger partial charge in [-0.15, -0.1) is 0 Å². The summed E-state index contributed by atoms with van der Waals surface area (Å²) in [5.74, 6) is 2.96. The largest absolute Gasteiger partial charge is 0.489 e. The summed E-state index contributed by atoms with van der Waals surface area (Å²) in [5.41, 5.74) is 0.757. The van der Waals surface area contributed by atoms with E-state index in [1.54, 1.807) is 0 Å². The Balaban J connectivity index is 1.74. The van der Waals surface area contributed by atoms with Crippen molar-refractivity contribution in [3.8, 4) is 0 Å². The van der Waals surface area contributed by atoms with E-state index in [0.717, 1.165) is 68.6 Å². The maximum atomic E-state index is 13.1. The molecule has 2 aliphatic rings. The van der Waals surface area contributed by atoms with Gasteiger partial charge in [0.1, 0.15) is 25.9 Å². The molecule has 0 amide bonds. The summed E-state index contributed by atoms with van der Waals surface area (Å²) in [6.07, 6.45) is 29.7. The lowest BCUT2D eigenvalue weighted by atomic mass is 9.55. The molecule has 0 heterocycles. The highest BCUT2D eigenvalue weighted by Crippen LogP contribution is 2.54. The standard InChI is InChI=1S/C53H101NO8P/c1-12-13-14-15-16-17-18-19-20-21-22-23-24-28-50(55)58-41-49(42-60-63(57)59-40-39-54(9,10)11)61-45(5)29-30-51(56)62-48-33-37-53(8,38-34-48)47-31-35-52(7,36-32-47)46(6)44(4)27-25-26-43(2)3/h43-44,46-49,57H,5,12-42H2,1-4,6-11H3/q+1/t44-,46?,47?,48?,49+,52?,53?,63?/m0/s1. The number of esters is 2. The Kier molecular flexibility index (Phi) is 29.1. The Morgan fingerprint density at radius 1 is 0.714 bits per heavy atom. The van der Waals surface area contributed by atoms with E-state index in [1.807, 2.05) is 0 Å². The van der Waals surface area contributed by atoms with Gasteiger partial charge in [0.15, 0.2) is 6.10 Å². The average molecular weight is 911 g/mol. The van der Waals surface area contributed by atoms with Crippen LogP contribution in [0.4, 0.5) is 0 Å². The van der Waals surface area contributed by atoms with E-state index in [1.165, 1.54) is 109 Å². The van der Waals surface area contributed by atoms with Crippen LogP contribution in [0.3, 0.4) is 0 Å². The monoisotopic (exact) mass is 911 g/mol. The molecule has 2 saturated carbocycles. The third kappa shape index (κ3) is 26.0. The maximum absolute atomic E-state index is 13.1. The van der Waals surface area contributed by atoms with Crippen molar-refractivity contribution in [2.75, 3.05) is 47.5 Å². The van der Waals surface area contributed by atoms with Gasteiger partial charge in [-0.05, 0) is 92.3 Å². The van der Waals surface area contributed by atoms with Gasteiger partial charge in [-0.3, -0.25) is 9.59 Å². The van der Waals surface area contributed by atoms with Gasteiger partial charge >= 0.3 is 20.5 Å². The van der Waals surface area contributed by atoms with Gasteiger partial charge in [-0.2, -0.15) is 0 Å². The molecule has 0 radical (unpaired) electrons. The van der Waals surface area contributed by atoms with Crippen LogP contribution in [-0.4, -0.2) is 81.0 Å². The molecule has 0 aromatic carbocycles. The first-order valence-electron chi connectivity index (χ1n) is 26.1. The first kappa shape index (κ1) is 57.9. The number of unbranched alkanes of at least 4 members (excludes halogenated alkanes) is 12. The lowest BCUT2D eigenvalue weighted by molar-refractivity contribution is -0.870. The van der Waals surface area contributed by atoms with E-state index in [-0.39, 0.29) is 44.1 Å². The van der Waals surface area contributed by atoms with E-state index in [0.29, 0.717) is 40.6 Å². The summed E-state index contributed by atoms with van der Waals surface area (Å²) in [7, 11) is 4.03. The van der Waals surface area contributed by atoms with Gasteiger partial charge in [0.25, 0.3) is 0 Å². The zero-order valence-corrected chi connectivity index (χ0v) is 43.7. The van der Waals surface area contributed by atoms with Gasteiger partial charge in [0, 0.05) is 12.8 Å². The second kappa shape index (κ2) is 31.7. The highest BCUT2D eigenvalue weighted by Gasteiger charge is 2.44. The van der Waals surface area contributed by atoms with Crippen molar-refractivity contribution < 1.29 is 42.2 Å². The Hall–Kier alpha value is -1.25. The van der Waals surface area contributed by atoms with Crippen LogP contribution in [0.15, 0.2) is 12.3 Å². The number of rotatable bonds is 36. The van der Waals surface area contributed by atoms with Gasteiger partial charge in [0.05, 0.1) is 39.9 Å². The predicted octanol–water partition coefficient (Wildman–Crippen LogP) is 14.4. The van der Waals surface area contributed by atoms with Crippen molar-refractivity contribution in [1.29, 1.82) is 0 Å². The van der Waals surface area contributed by atoms with Crippen LogP contribution in [0.25, 0.3) is 0 Å². The number of hydrogen-bond donors (Lipinski definition) is 1. The number of carbonyl (C=O) groups excluding carboxylic acids is 2. The highest BCUT2D eigenvalue weighted by atomic mass is 31.2. The van der Waals surface area contributed by atoms with Gasteiger partial charge in [-0.25, -0.2) is 0 Å². The Bertz CT molecular complexity index is 1220. The lowest BCUT2D eigenvalue weighted by Crippen LogP contribution is -2.41. The second-order valence-electron chi connectivity index (χ2n) is 22.2. The fourth-order valence-corrected chi connectivity index (χ4v) is 10.6. The quantitative estimate of drug-likeness (QED) is 0.0218. The molecule has 0 aromatic heterocycles. The molecule has 10 heteroatoms. The van der Waals surface area contributed by atoms with Gasteiger partial charge in [-0.1, -0.05) is 151 Å². The number of quaternary nitrogens is 1. The third-order valence-electron chi connectivity index (χ3n) is 15.1. The topological polar surface area (TPSA) is 101 Å². The van der Waals surface area contributed by atoms with E-state index < -0.39 is 14.7 Å². The number of likely N-dealkylation sites (N-methyl/N-ethyl adjacent to an activating group) is 1. The van der Waals surface area contributed by atoms with Crippen LogP contribution in [0.5, 0.6) is 0 Å². The Labute approximate surface area is 389 Å². The molecule has 0 saturated heterocycles. The smallest absolute Gasteiger partial charge is 0.330 e. The van der Waals surface area contributed by atoms with E-state index in [4.69, 9.17) is 23.3 Å². The number of carbonyl (C=O) groups is 2. The molecule has 4 atom stereocenters. The minimum absolute atomic E-state index is 0.0412. The number of allylic oxidation sites excluding steroid dienone is 1. The number of nitrogens with zero attached hydrogens (tertiary/aromatic N) is 1. The molecule has 0 spiro atoms. The molecule has 0 aliphatic heterocycles. The third-order valence-corrected chi connectivity index (χ3v) is 15.8. The molecule has 0 aromatic rings. The molecule has 2 rings (SSSR count). The zero-order chi connectivity index (χ0) is 46.7. The molecule has 0 bridgehead atoms. The molecular weight excluding hydrogens is 810 g/mol. The molecule has 63 heavy (non-hydrogen) atoms. The van der Waals surface area contributed by atoms with Gasteiger partial charge in [0.2, 0.25) is 0 Å². The molecule has 2 fully saturated rings. The number of hydrogen-bond acceptors (Lipinski definition) is 8. The van der Waals surface area contributed by atoms with Crippen molar-refractivity contribution >= 4 is 20.5 Å². The summed E-state index contributed by atoms with van der Waals surface area (Å²) in [5, 5.41) is 0. The molecule has 1 N–H and O–H groups in total. The Morgan fingerprint density at radius 3 is 1.84 bits per heavy atom. The van der Waals surface area contributed by atoms with Crippen LogP contribution < -0.4 is 0 Å². The summed E-state index contributed by atoms with van der Waals surface area (Å²) < 4.78 is 29.5. The van der Waals surface area contributed by atoms with Gasteiger partial charge < -0.3 is 32.6 Å². The minimum Gasteiger partial charge on any atom is -0.489 e. The molecule has 2 aliphatic carbocycles. The van der Waals surface area contributed by atoms with Crippen LogP contribution in [0.2, 0.25) is 0 Å².